The van der Waals surface area contributed by atoms with Crippen LogP contribution in [0.1, 0.15) is 26.7 Å². The standard InChI is InChI=1S/C24H35N5O.HI/c1-20(2)30-23-12-10-21(11-13-23)27-24(25)26-14-6-7-15-28-16-18-29(19-17-28)22-8-4-3-5-9-22;/h3-5,8-13,20H,6-7,14-19H2,1-2H3,(H3,25,26,27);1H. The first kappa shape index (κ1) is 25.3. The normalized spacial score (nSPS) is 14.9. The highest BCUT2D eigenvalue weighted by molar-refractivity contribution is 14.0. The van der Waals surface area contributed by atoms with Crippen LogP contribution in [0.5, 0.6) is 5.75 Å². The topological polar surface area (TPSA) is 66.1 Å². The van der Waals surface area contributed by atoms with Crippen molar-refractivity contribution >= 4 is 41.3 Å². The number of para-hydroxylation sites is 1. The van der Waals surface area contributed by atoms with E-state index >= 15 is 0 Å². The Bertz CT molecular complexity index is 774. The number of aliphatic imine (C=N–C) groups is 1. The number of piperazine rings is 1. The number of hydrogen-bond acceptors (Lipinski definition) is 4. The van der Waals surface area contributed by atoms with Crippen LogP contribution in [-0.4, -0.2) is 56.2 Å². The van der Waals surface area contributed by atoms with Crippen molar-refractivity contribution < 1.29 is 4.74 Å². The third-order valence-corrected chi connectivity index (χ3v) is 5.16. The number of nitrogens with two attached hydrogens (primary N) is 1. The van der Waals surface area contributed by atoms with E-state index in [4.69, 9.17) is 10.5 Å². The predicted octanol–water partition coefficient (Wildman–Crippen LogP) is 4.42. The molecular formula is C24H36IN5O. The Balaban J connectivity index is 0.00000341. The molecule has 0 aliphatic carbocycles. The van der Waals surface area contributed by atoms with Gasteiger partial charge >= 0.3 is 0 Å². The van der Waals surface area contributed by atoms with Gasteiger partial charge in [-0.3, -0.25) is 9.89 Å². The van der Waals surface area contributed by atoms with Gasteiger partial charge in [-0.05, 0) is 69.6 Å². The Labute approximate surface area is 203 Å². The van der Waals surface area contributed by atoms with E-state index in [1.807, 2.05) is 38.1 Å². The third-order valence-electron chi connectivity index (χ3n) is 5.16. The van der Waals surface area contributed by atoms with Gasteiger partial charge in [0, 0.05) is 44.1 Å². The molecule has 170 valence electrons. The molecule has 2 aromatic carbocycles. The summed E-state index contributed by atoms with van der Waals surface area (Å²) in [6, 6.07) is 18.5. The van der Waals surface area contributed by atoms with Crippen LogP contribution in [0.4, 0.5) is 11.4 Å². The largest absolute Gasteiger partial charge is 0.491 e. The Morgan fingerprint density at radius 2 is 1.68 bits per heavy atom. The van der Waals surface area contributed by atoms with Gasteiger partial charge in [-0.2, -0.15) is 0 Å². The zero-order valence-electron chi connectivity index (χ0n) is 18.7. The van der Waals surface area contributed by atoms with Gasteiger partial charge in [-0.1, -0.05) is 18.2 Å². The maximum absolute atomic E-state index is 6.01. The van der Waals surface area contributed by atoms with Gasteiger partial charge in [0.05, 0.1) is 6.10 Å². The van der Waals surface area contributed by atoms with Crippen LogP contribution in [-0.2, 0) is 0 Å². The van der Waals surface area contributed by atoms with Gasteiger partial charge in [0.1, 0.15) is 5.75 Å². The van der Waals surface area contributed by atoms with Crippen molar-refractivity contribution in [3.05, 3.63) is 54.6 Å². The molecule has 6 nitrogen and oxygen atoms in total. The van der Waals surface area contributed by atoms with E-state index in [1.165, 1.54) is 5.69 Å². The second-order valence-corrected chi connectivity index (χ2v) is 7.95. The first-order chi connectivity index (χ1) is 14.6. The lowest BCUT2D eigenvalue weighted by Crippen LogP contribution is -2.46. The number of nitrogens with one attached hydrogen (secondary N) is 1. The number of guanidine groups is 1. The van der Waals surface area contributed by atoms with Gasteiger partial charge in [0.15, 0.2) is 5.96 Å². The van der Waals surface area contributed by atoms with Gasteiger partial charge in [0.2, 0.25) is 0 Å². The van der Waals surface area contributed by atoms with Crippen LogP contribution in [0.25, 0.3) is 0 Å². The Morgan fingerprint density at radius 3 is 2.32 bits per heavy atom. The average molecular weight is 537 g/mol. The fraction of sp³-hybridized carbons (Fsp3) is 0.458. The molecule has 2 aromatic rings. The van der Waals surface area contributed by atoms with Crippen LogP contribution < -0.4 is 20.7 Å². The van der Waals surface area contributed by atoms with E-state index in [2.05, 4.69) is 50.4 Å². The summed E-state index contributed by atoms with van der Waals surface area (Å²) >= 11 is 0. The third kappa shape index (κ3) is 8.95. The van der Waals surface area contributed by atoms with E-state index in [0.717, 1.165) is 63.5 Å². The Kier molecular flexibility index (Phi) is 10.9. The van der Waals surface area contributed by atoms with Gasteiger partial charge in [-0.15, -0.1) is 24.0 Å². The Morgan fingerprint density at radius 1 is 1.00 bits per heavy atom. The van der Waals surface area contributed by atoms with E-state index in [-0.39, 0.29) is 30.1 Å². The number of rotatable bonds is 9. The average Bonchev–Trinajstić information content (AvgIpc) is 2.75. The van der Waals surface area contributed by atoms with Crippen LogP contribution in [0.15, 0.2) is 59.6 Å². The van der Waals surface area contributed by atoms with Crippen molar-refractivity contribution in [1.82, 2.24) is 4.90 Å². The van der Waals surface area contributed by atoms with E-state index in [1.54, 1.807) is 0 Å². The first-order valence-electron chi connectivity index (χ1n) is 11.0. The fourth-order valence-electron chi connectivity index (χ4n) is 3.59. The molecule has 0 atom stereocenters. The molecule has 1 aliphatic rings. The molecule has 0 bridgehead atoms. The van der Waals surface area contributed by atoms with Gasteiger partial charge < -0.3 is 20.7 Å². The number of benzene rings is 2. The summed E-state index contributed by atoms with van der Waals surface area (Å²) in [5, 5.41) is 3.14. The second-order valence-electron chi connectivity index (χ2n) is 7.95. The van der Waals surface area contributed by atoms with Crippen LogP contribution in [0.2, 0.25) is 0 Å². The number of unbranched alkanes of at least 4 members (excludes halogenated alkanes) is 1. The molecule has 1 aliphatic heterocycles. The van der Waals surface area contributed by atoms with E-state index in [0.29, 0.717) is 5.96 Å². The highest BCUT2D eigenvalue weighted by Gasteiger charge is 2.16. The van der Waals surface area contributed by atoms with Crippen LogP contribution >= 0.6 is 24.0 Å². The molecule has 0 unspecified atom stereocenters. The molecule has 3 rings (SSSR count). The first-order valence-corrected chi connectivity index (χ1v) is 11.0. The summed E-state index contributed by atoms with van der Waals surface area (Å²) in [5.74, 6) is 1.32. The zero-order valence-corrected chi connectivity index (χ0v) is 21.0. The summed E-state index contributed by atoms with van der Waals surface area (Å²) in [4.78, 5) is 9.46. The summed E-state index contributed by atoms with van der Waals surface area (Å²) < 4.78 is 5.65. The van der Waals surface area contributed by atoms with Crippen LogP contribution in [0, 0.1) is 0 Å². The maximum atomic E-state index is 6.01. The quantitative estimate of drug-likeness (QED) is 0.215. The molecule has 0 spiro atoms. The van der Waals surface area contributed by atoms with Crippen molar-refractivity contribution in [2.24, 2.45) is 10.7 Å². The highest BCUT2D eigenvalue weighted by Crippen LogP contribution is 2.17. The SMILES string of the molecule is CC(C)Oc1ccc(NC(N)=NCCCCN2CCN(c3ccccc3)CC2)cc1.I. The molecule has 3 N–H and O–H groups in total. The lowest BCUT2D eigenvalue weighted by molar-refractivity contribution is 0.242. The fourth-order valence-corrected chi connectivity index (χ4v) is 3.59. The smallest absolute Gasteiger partial charge is 0.193 e. The molecule has 31 heavy (non-hydrogen) atoms. The highest BCUT2D eigenvalue weighted by atomic mass is 127. The summed E-state index contributed by atoms with van der Waals surface area (Å²) in [6.45, 7) is 10.3. The molecule has 0 amide bonds. The minimum atomic E-state index is 0. The van der Waals surface area contributed by atoms with E-state index in [9.17, 15) is 0 Å². The van der Waals surface area contributed by atoms with E-state index < -0.39 is 0 Å². The van der Waals surface area contributed by atoms with Crippen molar-refractivity contribution in [1.29, 1.82) is 0 Å². The molecule has 1 saturated heterocycles. The second kappa shape index (κ2) is 13.4. The number of ether oxygens (including phenoxy) is 1. The minimum absolute atomic E-state index is 0. The summed E-state index contributed by atoms with van der Waals surface area (Å²) in [7, 11) is 0. The number of nitrogens with zero attached hydrogens (tertiary/aromatic N) is 3. The molecular weight excluding hydrogens is 501 g/mol. The van der Waals surface area contributed by atoms with Gasteiger partial charge in [0.25, 0.3) is 0 Å². The minimum Gasteiger partial charge on any atom is -0.491 e. The molecule has 1 fully saturated rings. The Hall–Kier alpha value is -2.00. The summed E-state index contributed by atoms with van der Waals surface area (Å²) in [6.07, 6.45) is 2.36. The molecule has 0 radical (unpaired) electrons. The molecule has 1 heterocycles. The molecule has 7 heteroatoms. The van der Waals surface area contributed by atoms with Crippen molar-refractivity contribution in [3.63, 3.8) is 0 Å². The zero-order chi connectivity index (χ0) is 21.2. The van der Waals surface area contributed by atoms with Gasteiger partial charge in [-0.25, -0.2) is 0 Å². The molecule has 0 saturated carbocycles. The monoisotopic (exact) mass is 537 g/mol. The number of halogens is 1. The number of anilines is 2. The van der Waals surface area contributed by atoms with Crippen molar-refractivity contribution in [3.8, 4) is 5.75 Å². The number of hydrogen-bond donors (Lipinski definition) is 2. The lowest BCUT2D eigenvalue weighted by atomic mass is 10.2. The summed E-state index contributed by atoms with van der Waals surface area (Å²) in [5.41, 5.74) is 8.26. The molecule has 0 aromatic heterocycles. The van der Waals surface area contributed by atoms with Crippen LogP contribution in [0.3, 0.4) is 0 Å². The lowest BCUT2D eigenvalue weighted by Gasteiger charge is -2.36. The predicted molar refractivity (Wildman–Crippen MR) is 142 cm³/mol. The van der Waals surface area contributed by atoms with Crippen molar-refractivity contribution in [2.45, 2.75) is 32.8 Å². The maximum Gasteiger partial charge on any atom is 0.193 e. The van der Waals surface area contributed by atoms with Crippen molar-refractivity contribution in [2.75, 3.05) is 49.5 Å².